The number of carbonyl (C=O) groups is 2. The molecule has 0 saturated carbocycles. The third-order valence-corrected chi connectivity index (χ3v) is 5.52. The molecule has 28 heavy (non-hydrogen) atoms. The van der Waals surface area contributed by atoms with E-state index in [1.807, 2.05) is 31.2 Å². The van der Waals surface area contributed by atoms with Gasteiger partial charge in [0, 0.05) is 11.8 Å². The number of amides is 1. The summed E-state index contributed by atoms with van der Waals surface area (Å²) < 4.78 is 31.1. The van der Waals surface area contributed by atoms with Crippen molar-refractivity contribution in [2.75, 3.05) is 19.0 Å². The highest BCUT2D eigenvalue weighted by molar-refractivity contribution is 7.89. The van der Waals surface area contributed by atoms with Gasteiger partial charge in [0.25, 0.3) is 5.91 Å². The summed E-state index contributed by atoms with van der Waals surface area (Å²) >= 11 is 0. The molecule has 0 bridgehead atoms. The summed E-state index contributed by atoms with van der Waals surface area (Å²) in [6, 6.07) is 12.0. The number of aryl methyl sites for hydroxylation is 2. The van der Waals surface area contributed by atoms with Gasteiger partial charge in [-0.25, -0.2) is 17.9 Å². The van der Waals surface area contributed by atoms with Gasteiger partial charge in [0.2, 0.25) is 10.0 Å². The van der Waals surface area contributed by atoms with Crippen LogP contribution in [0.4, 0.5) is 5.69 Å². The van der Waals surface area contributed by atoms with Crippen LogP contribution in [0.1, 0.15) is 16.7 Å². The molecule has 1 amide bonds. The molecule has 0 radical (unpaired) electrons. The first kappa shape index (κ1) is 21.3. The zero-order valence-electron chi connectivity index (χ0n) is 15.9. The molecule has 0 aliphatic heterocycles. The van der Waals surface area contributed by atoms with E-state index in [0.717, 1.165) is 11.1 Å². The molecule has 148 valence electrons. The molecule has 0 heterocycles. The van der Waals surface area contributed by atoms with Gasteiger partial charge >= 0.3 is 5.97 Å². The van der Waals surface area contributed by atoms with Crippen molar-refractivity contribution in [3.05, 3.63) is 65.2 Å². The van der Waals surface area contributed by atoms with Crippen LogP contribution in [0.25, 0.3) is 6.08 Å². The monoisotopic (exact) mass is 402 g/mol. The van der Waals surface area contributed by atoms with Crippen LogP contribution in [0.2, 0.25) is 0 Å². The molecule has 0 fully saturated rings. The molecule has 0 aliphatic rings. The van der Waals surface area contributed by atoms with Crippen LogP contribution in [0.3, 0.4) is 0 Å². The number of benzene rings is 2. The molecule has 0 atom stereocenters. The van der Waals surface area contributed by atoms with Gasteiger partial charge in [0.05, 0.1) is 4.90 Å². The predicted octanol–water partition coefficient (Wildman–Crippen LogP) is 2.41. The fourth-order valence-electron chi connectivity index (χ4n) is 2.39. The summed E-state index contributed by atoms with van der Waals surface area (Å²) in [6.07, 6.45) is 2.86. The Morgan fingerprint density at radius 2 is 1.79 bits per heavy atom. The lowest BCUT2D eigenvalue weighted by Gasteiger charge is -2.10. The third kappa shape index (κ3) is 5.77. The van der Waals surface area contributed by atoms with Crippen molar-refractivity contribution in [2.45, 2.75) is 18.7 Å². The fraction of sp³-hybridized carbons (Fsp3) is 0.200. The van der Waals surface area contributed by atoms with E-state index in [4.69, 9.17) is 4.74 Å². The van der Waals surface area contributed by atoms with E-state index < -0.39 is 28.5 Å². The second-order valence-electron chi connectivity index (χ2n) is 6.03. The summed E-state index contributed by atoms with van der Waals surface area (Å²) in [5, 5.41) is 2.51. The second-order valence-corrected chi connectivity index (χ2v) is 7.89. The van der Waals surface area contributed by atoms with Gasteiger partial charge in [-0.05, 0) is 55.8 Å². The van der Waals surface area contributed by atoms with Gasteiger partial charge in [-0.2, -0.15) is 0 Å². The lowest BCUT2D eigenvalue weighted by Crippen LogP contribution is -2.22. The zero-order valence-corrected chi connectivity index (χ0v) is 16.7. The molecule has 7 nitrogen and oxygen atoms in total. The van der Waals surface area contributed by atoms with Crippen molar-refractivity contribution in [2.24, 2.45) is 0 Å². The van der Waals surface area contributed by atoms with Crippen LogP contribution >= 0.6 is 0 Å². The van der Waals surface area contributed by atoms with E-state index in [1.165, 1.54) is 19.2 Å². The predicted molar refractivity (Wildman–Crippen MR) is 107 cm³/mol. The first-order valence-corrected chi connectivity index (χ1v) is 9.96. The summed E-state index contributed by atoms with van der Waals surface area (Å²) in [4.78, 5) is 23.8. The minimum atomic E-state index is -3.65. The maximum atomic E-state index is 12.0. The maximum absolute atomic E-state index is 12.0. The molecule has 0 aliphatic carbocycles. The Bertz CT molecular complexity index is 1010. The van der Waals surface area contributed by atoms with Crippen molar-refractivity contribution in [3.63, 3.8) is 0 Å². The molecule has 2 rings (SSSR count). The highest BCUT2D eigenvalue weighted by Crippen LogP contribution is 2.19. The number of carbonyl (C=O) groups excluding carboxylic acids is 2. The summed E-state index contributed by atoms with van der Waals surface area (Å²) in [5.41, 5.74) is 2.72. The van der Waals surface area contributed by atoms with Crippen molar-refractivity contribution in [3.8, 4) is 0 Å². The number of hydrogen-bond acceptors (Lipinski definition) is 5. The quantitative estimate of drug-likeness (QED) is 0.547. The number of ether oxygens (including phenoxy) is 1. The first-order chi connectivity index (χ1) is 13.2. The first-order valence-electron chi connectivity index (χ1n) is 8.47. The highest BCUT2D eigenvalue weighted by Gasteiger charge is 2.16. The van der Waals surface area contributed by atoms with Crippen molar-refractivity contribution in [1.82, 2.24) is 4.72 Å². The SMILES string of the molecule is CNS(=O)(=O)c1cc(NC(=O)COC(=O)/C=C/c2ccccc2C)ccc1C. The van der Waals surface area contributed by atoms with Gasteiger partial charge in [0.15, 0.2) is 6.61 Å². The minimum absolute atomic E-state index is 0.0611. The van der Waals surface area contributed by atoms with Gasteiger partial charge in [-0.15, -0.1) is 0 Å². The van der Waals surface area contributed by atoms with E-state index in [1.54, 1.807) is 25.1 Å². The Morgan fingerprint density at radius 3 is 2.46 bits per heavy atom. The lowest BCUT2D eigenvalue weighted by atomic mass is 10.1. The Labute approximate surface area is 164 Å². The largest absolute Gasteiger partial charge is 0.452 e. The highest BCUT2D eigenvalue weighted by atomic mass is 32.2. The Hall–Kier alpha value is -2.97. The van der Waals surface area contributed by atoms with Crippen molar-refractivity contribution >= 4 is 33.7 Å². The topological polar surface area (TPSA) is 102 Å². The van der Waals surface area contributed by atoms with Gasteiger partial charge < -0.3 is 10.1 Å². The molecular formula is C20H22N2O5S. The van der Waals surface area contributed by atoms with Crippen molar-refractivity contribution < 1.29 is 22.7 Å². The lowest BCUT2D eigenvalue weighted by molar-refractivity contribution is -0.142. The van der Waals surface area contributed by atoms with E-state index in [2.05, 4.69) is 10.0 Å². The van der Waals surface area contributed by atoms with E-state index in [-0.39, 0.29) is 10.6 Å². The van der Waals surface area contributed by atoms with Gasteiger partial charge in [-0.3, -0.25) is 4.79 Å². The van der Waals surface area contributed by atoms with Crippen LogP contribution in [-0.2, 0) is 24.3 Å². The smallest absolute Gasteiger partial charge is 0.331 e. The van der Waals surface area contributed by atoms with Crippen LogP contribution in [0.15, 0.2) is 53.4 Å². The summed E-state index contributed by atoms with van der Waals surface area (Å²) in [5.74, 6) is -1.23. The number of sulfonamides is 1. The number of anilines is 1. The van der Waals surface area contributed by atoms with Gasteiger partial charge in [-0.1, -0.05) is 30.3 Å². The van der Waals surface area contributed by atoms with Crippen LogP contribution < -0.4 is 10.0 Å². The molecule has 2 aromatic rings. The molecule has 0 unspecified atom stereocenters. The van der Waals surface area contributed by atoms with E-state index in [0.29, 0.717) is 5.56 Å². The normalized spacial score (nSPS) is 11.4. The maximum Gasteiger partial charge on any atom is 0.331 e. The Kier molecular flexibility index (Phi) is 7.08. The van der Waals surface area contributed by atoms with Gasteiger partial charge in [0.1, 0.15) is 0 Å². The van der Waals surface area contributed by atoms with E-state index in [9.17, 15) is 18.0 Å². The molecule has 0 aromatic heterocycles. The molecule has 0 saturated heterocycles. The average Bonchev–Trinajstić information content (AvgIpc) is 2.67. The second kappa shape index (κ2) is 9.29. The Morgan fingerprint density at radius 1 is 1.07 bits per heavy atom. The molecule has 2 aromatic carbocycles. The average molecular weight is 402 g/mol. The third-order valence-electron chi connectivity index (χ3n) is 3.96. The van der Waals surface area contributed by atoms with Crippen LogP contribution in [-0.4, -0.2) is 33.9 Å². The number of esters is 1. The number of hydrogen-bond donors (Lipinski definition) is 2. The number of rotatable bonds is 7. The van der Waals surface area contributed by atoms with Crippen LogP contribution in [0, 0.1) is 13.8 Å². The van der Waals surface area contributed by atoms with E-state index >= 15 is 0 Å². The van der Waals surface area contributed by atoms with Crippen LogP contribution in [0.5, 0.6) is 0 Å². The molecule has 8 heteroatoms. The summed E-state index contributed by atoms with van der Waals surface area (Å²) in [6.45, 7) is 3.08. The molecule has 2 N–H and O–H groups in total. The number of nitrogens with one attached hydrogen (secondary N) is 2. The standard InChI is InChI=1S/C20H22N2O5S/c1-14-6-4-5-7-16(14)9-11-20(24)27-13-19(23)22-17-10-8-15(2)18(12-17)28(25,26)21-3/h4-12,21H,13H2,1-3H3,(H,22,23)/b11-9+. The Balaban J connectivity index is 1.95. The fourth-order valence-corrected chi connectivity index (χ4v) is 3.38. The van der Waals surface area contributed by atoms with Crippen molar-refractivity contribution in [1.29, 1.82) is 0 Å². The molecular weight excluding hydrogens is 380 g/mol. The minimum Gasteiger partial charge on any atom is -0.452 e. The zero-order chi connectivity index (χ0) is 20.7. The molecule has 0 spiro atoms. The summed E-state index contributed by atoms with van der Waals surface area (Å²) in [7, 11) is -2.34.